The third-order valence-electron chi connectivity index (χ3n) is 3.87. The van der Waals surface area contributed by atoms with Crippen LogP contribution >= 0.6 is 11.8 Å². The molecule has 2 atom stereocenters. The first-order chi connectivity index (χ1) is 10.1. The second kappa shape index (κ2) is 7.15. The Morgan fingerprint density at radius 3 is 2.86 bits per heavy atom. The number of nitrogens with zero attached hydrogens (tertiary/aromatic N) is 3. The van der Waals surface area contributed by atoms with Crippen molar-refractivity contribution < 1.29 is 4.92 Å². The predicted molar refractivity (Wildman–Crippen MR) is 87.1 cm³/mol. The monoisotopic (exact) mass is 312 g/mol. The summed E-state index contributed by atoms with van der Waals surface area (Å²) in [5.74, 6) is 1.67. The van der Waals surface area contributed by atoms with E-state index in [4.69, 9.17) is 0 Å². The van der Waals surface area contributed by atoms with Gasteiger partial charge in [0, 0.05) is 17.8 Å². The van der Waals surface area contributed by atoms with E-state index in [0.717, 1.165) is 18.6 Å². The maximum atomic E-state index is 11.3. The smallest absolute Gasteiger partial charge is 0.333 e. The van der Waals surface area contributed by atoms with Gasteiger partial charge in [-0.15, -0.1) is 0 Å². The topological polar surface area (TPSA) is 73.0 Å². The molecule has 1 saturated carbocycles. The van der Waals surface area contributed by atoms with Crippen LogP contribution in [0, 0.1) is 17.0 Å². The van der Waals surface area contributed by atoms with E-state index in [2.05, 4.69) is 24.3 Å². The highest BCUT2D eigenvalue weighted by Crippen LogP contribution is 2.35. The molecule has 0 bridgehead atoms. The van der Waals surface area contributed by atoms with Gasteiger partial charge in [0.05, 0.1) is 4.92 Å². The first-order valence-corrected chi connectivity index (χ1v) is 8.73. The van der Waals surface area contributed by atoms with Crippen molar-refractivity contribution in [2.24, 2.45) is 0 Å². The van der Waals surface area contributed by atoms with Crippen molar-refractivity contribution in [2.45, 2.75) is 64.3 Å². The number of anilines is 1. The normalized spacial score (nSPS) is 21.7. The van der Waals surface area contributed by atoms with E-state index in [1.807, 2.05) is 11.8 Å². The molecular formula is C14H24N4O2S. The van der Waals surface area contributed by atoms with Crippen LogP contribution in [0.3, 0.4) is 0 Å². The second-order valence-corrected chi connectivity index (χ2v) is 6.95. The fourth-order valence-corrected chi connectivity index (χ4v) is 4.19. The second-order valence-electron chi connectivity index (χ2n) is 5.44. The molecule has 118 valence electrons. The Hall–Kier alpha value is -1.24. The molecular weight excluding hydrogens is 288 g/mol. The molecule has 7 heteroatoms. The van der Waals surface area contributed by atoms with Crippen LogP contribution < -0.4 is 5.32 Å². The highest BCUT2D eigenvalue weighted by Gasteiger charge is 2.32. The van der Waals surface area contributed by atoms with Gasteiger partial charge in [-0.2, -0.15) is 16.9 Å². The number of nitro groups is 1. The summed E-state index contributed by atoms with van der Waals surface area (Å²) >= 11 is 1.94. The highest BCUT2D eigenvalue weighted by molar-refractivity contribution is 7.99. The van der Waals surface area contributed by atoms with Gasteiger partial charge in [-0.25, -0.2) is 4.68 Å². The van der Waals surface area contributed by atoms with Gasteiger partial charge in [0.1, 0.15) is 5.69 Å². The van der Waals surface area contributed by atoms with E-state index in [-0.39, 0.29) is 10.6 Å². The van der Waals surface area contributed by atoms with Crippen molar-refractivity contribution >= 4 is 23.3 Å². The Labute approximate surface area is 129 Å². The van der Waals surface area contributed by atoms with Crippen molar-refractivity contribution in [3.63, 3.8) is 0 Å². The molecule has 6 nitrogen and oxygen atoms in total. The molecule has 0 amide bonds. The molecule has 2 unspecified atom stereocenters. The zero-order valence-electron chi connectivity index (χ0n) is 13.0. The standard InChI is InChI=1S/C14H24N4O2S/c1-4-9-17-14(13(18(19)20)10(3)16-17)15-11-7-6-8-12(11)21-5-2/h11-12,15H,4-9H2,1-3H3. The van der Waals surface area contributed by atoms with E-state index >= 15 is 0 Å². The van der Waals surface area contributed by atoms with E-state index in [1.165, 1.54) is 12.8 Å². The quantitative estimate of drug-likeness (QED) is 0.615. The average Bonchev–Trinajstić information content (AvgIpc) is 2.97. The predicted octanol–water partition coefficient (Wildman–Crippen LogP) is 3.60. The van der Waals surface area contributed by atoms with Crippen molar-refractivity contribution in [2.75, 3.05) is 11.1 Å². The molecule has 1 aliphatic carbocycles. The van der Waals surface area contributed by atoms with E-state index in [1.54, 1.807) is 11.6 Å². The molecule has 21 heavy (non-hydrogen) atoms. The lowest BCUT2D eigenvalue weighted by molar-refractivity contribution is -0.384. The third-order valence-corrected chi connectivity index (χ3v) is 5.19. The summed E-state index contributed by atoms with van der Waals surface area (Å²) < 4.78 is 1.76. The SMILES string of the molecule is CCCn1nc(C)c([N+](=O)[O-])c1NC1CCCC1SCC. The lowest BCUT2D eigenvalue weighted by atomic mass is 10.2. The summed E-state index contributed by atoms with van der Waals surface area (Å²) in [5.41, 5.74) is 0.629. The Morgan fingerprint density at radius 1 is 1.48 bits per heavy atom. The number of nitrogens with one attached hydrogen (secondary N) is 1. The Balaban J connectivity index is 2.26. The Bertz CT molecular complexity index is 503. The molecule has 0 saturated heterocycles. The van der Waals surface area contributed by atoms with Gasteiger partial charge < -0.3 is 5.32 Å². The minimum atomic E-state index is -0.312. The molecule has 1 aromatic rings. The number of rotatable bonds is 7. The van der Waals surface area contributed by atoms with Gasteiger partial charge in [0.2, 0.25) is 5.82 Å². The van der Waals surface area contributed by atoms with Gasteiger partial charge >= 0.3 is 5.69 Å². The summed E-state index contributed by atoms with van der Waals surface area (Å²) in [6.45, 7) is 6.63. The molecule has 0 aliphatic heterocycles. The molecule has 1 aromatic heterocycles. The van der Waals surface area contributed by atoms with Gasteiger partial charge in [-0.05, 0) is 31.9 Å². The van der Waals surface area contributed by atoms with Crippen LogP contribution in [0.5, 0.6) is 0 Å². The third kappa shape index (κ3) is 3.51. The number of thioether (sulfide) groups is 1. The summed E-state index contributed by atoms with van der Waals surface area (Å²) in [7, 11) is 0. The fourth-order valence-electron chi connectivity index (χ4n) is 2.99. The van der Waals surface area contributed by atoms with Crippen LogP contribution in [-0.2, 0) is 6.54 Å². The van der Waals surface area contributed by atoms with Crippen molar-refractivity contribution in [3.8, 4) is 0 Å². The zero-order chi connectivity index (χ0) is 15.4. The zero-order valence-corrected chi connectivity index (χ0v) is 13.8. The minimum absolute atomic E-state index is 0.135. The minimum Gasteiger partial charge on any atom is -0.361 e. The van der Waals surface area contributed by atoms with Crippen LogP contribution in [0.25, 0.3) is 0 Å². The molecule has 0 radical (unpaired) electrons. The van der Waals surface area contributed by atoms with Crippen LogP contribution in [0.4, 0.5) is 11.5 Å². The molecule has 0 aromatic carbocycles. The van der Waals surface area contributed by atoms with Crippen LogP contribution in [0.15, 0.2) is 0 Å². The number of aromatic nitrogens is 2. The van der Waals surface area contributed by atoms with E-state index in [0.29, 0.717) is 29.3 Å². The van der Waals surface area contributed by atoms with Gasteiger partial charge in [-0.3, -0.25) is 10.1 Å². The van der Waals surface area contributed by atoms with Crippen molar-refractivity contribution in [3.05, 3.63) is 15.8 Å². The van der Waals surface area contributed by atoms with E-state index in [9.17, 15) is 10.1 Å². The lowest BCUT2D eigenvalue weighted by Crippen LogP contribution is -2.28. The summed E-state index contributed by atoms with van der Waals surface area (Å²) in [6, 6.07) is 0.306. The summed E-state index contributed by atoms with van der Waals surface area (Å²) in [6.07, 6.45) is 4.35. The lowest BCUT2D eigenvalue weighted by Gasteiger charge is -2.21. The van der Waals surface area contributed by atoms with Crippen LogP contribution in [-0.4, -0.2) is 31.7 Å². The summed E-state index contributed by atoms with van der Waals surface area (Å²) in [4.78, 5) is 11.0. The van der Waals surface area contributed by atoms with Crippen molar-refractivity contribution in [1.29, 1.82) is 0 Å². The largest absolute Gasteiger partial charge is 0.361 e. The molecule has 2 rings (SSSR count). The van der Waals surface area contributed by atoms with E-state index < -0.39 is 0 Å². The average molecular weight is 312 g/mol. The molecule has 1 aliphatic rings. The molecule has 1 heterocycles. The maximum absolute atomic E-state index is 11.3. The van der Waals surface area contributed by atoms with Gasteiger partial charge in [-0.1, -0.05) is 20.3 Å². The molecule has 1 N–H and O–H groups in total. The number of aryl methyl sites for hydroxylation is 2. The van der Waals surface area contributed by atoms with Crippen LogP contribution in [0.1, 0.15) is 45.2 Å². The highest BCUT2D eigenvalue weighted by atomic mass is 32.2. The molecule has 0 spiro atoms. The Kier molecular flexibility index (Phi) is 5.50. The Morgan fingerprint density at radius 2 is 2.24 bits per heavy atom. The first-order valence-electron chi connectivity index (χ1n) is 7.68. The van der Waals surface area contributed by atoms with Crippen LogP contribution in [0.2, 0.25) is 0 Å². The fraction of sp³-hybridized carbons (Fsp3) is 0.786. The number of hydrogen-bond donors (Lipinski definition) is 1. The molecule has 1 fully saturated rings. The van der Waals surface area contributed by atoms with Gasteiger partial charge in [0.15, 0.2) is 0 Å². The summed E-state index contributed by atoms with van der Waals surface area (Å²) in [5, 5.41) is 19.7. The maximum Gasteiger partial charge on any atom is 0.333 e. The van der Waals surface area contributed by atoms with Crippen molar-refractivity contribution in [1.82, 2.24) is 9.78 Å². The number of hydrogen-bond acceptors (Lipinski definition) is 5. The first kappa shape index (κ1) is 16.1. The van der Waals surface area contributed by atoms with Gasteiger partial charge in [0.25, 0.3) is 0 Å².